The number of piperidine rings is 1. The van der Waals surface area contributed by atoms with E-state index in [4.69, 9.17) is 14.0 Å². The Morgan fingerprint density at radius 3 is 2.38 bits per heavy atom. The molecule has 1 amide bonds. The Morgan fingerprint density at radius 1 is 1.03 bits per heavy atom. The van der Waals surface area contributed by atoms with Gasteiger partial charge >= 0.3 is 6.09 Å². The smallest absolute Gasteiger partial charge is 0.410 e. The van der Waals surface area contributed by atoms with Gasteiger partial charge in [-0.15, -0.1) is 0 Å². The maximum atomic E-state index is 12.8. The molecule has 2 aliphatic carbocycles. The minimum Gasteiger partial charge on any atom is -0.444 e. The molecular weight excluding hydrogens is 428 g/mol. The number of ether oxygens (including phenoxy) is 2. The van der Waals surface area contributed by atoms with E-state index in [1.807, 2.05) is 25.7 Å². The minimum atomic E-state index is -0.464. The molecule has 182 valence electrons. The molecule has 4 fully saturated rings. The third-order valence-electron chi connectivity index (χ3n) is 7.92. The van der Waals surface area contributed by atoms with Gasteiger partial charge in [0.15, 0.2) is 0 Å². The van der Waals surface area contributed by atoms with Crippen molar-refractivity contribution < 1.29 is 18.8 Å². The molecule has 1 aromatic heterocycles. The third kappa shape index (κ3) is 4.37. The lowest BCUT2D eigenvalue weighted by Gasteiger charge is -2.39. The summed E-state index contributed by atoms with van der Waals surface area (Å²) in [5, 5.41) is 4.57. The van der Waals surface area contributed by atoms with E-state index in [1.54, 1.807) is 0 Å². The lowest BCUT2D eigenvalue weighted by Crippen LogP contribution is -2.50. The highest BCUT2D eigenvalue weighted by molar-refractivity contribution is 5.69. The van der Waals surface area contributed by atoms with Crippen molar-refractivity contribution >= 4 is 6.09 Å². The molecule has 2 saturated heterocycles. The summed E-state index contributed by atoms with van der Waals surface area (Å²) in [4.78, 5) is 14.8. The molecule has 2 aliphatic heterocycles. The first kappa shape index (κ1) is 22.1. The molecule has 0 spiro atoms. The van der Waals surface area contributed by atoms with Crippen LogP contribution < -0.4 is 0 Å². The Hall–Kier alpha value is -2.34. The van der Waals surface area contributed by atoms with Gasteiger partial charge in [0, 0.05) is 29.5 Å². The van der Waals surface area contributed by atoms with Crippen LogP contribution in [0.15, 0.2) is 34.9 Å². The normalized spacial score (nSPS) is 30.4. The van der Waals surface area contributed by atoms with Gasteiger partial charge in [-0.1, -0.05) is 35.5 Å². The Bertz CT molecular complexity index is 1020. The Labute approximate surface area is 202 Å². The molecule has 2 saturated carbocycles. The number of amides is 1. The standard InChI is InChI=1S/C28H36N2O4/c1-28(2,3)33-27(31)30-19-11-12-20(30)14-21(13-19)32-16-24-25(29-34-26(24)18-9-10-18)23-15-22(23)17-7-5-4-6-8-17/h4-8,18-23H,9-16H2,1-3H3. The van der Waals surface area contributed by atoms with Crippen LogP contribution in [0.1, 0.15) is 106 Å². The van der Waals surface area contributed by atoms with Crippen molar-refractivity contribution in [3.63, 3.8) is 0 Å². The van der Waals surface area contributed by atoms with Crippen molar-refractivity contribution in [2.75, 3.05) is 0 Å². The van der Waals surface area contributed by atoms with E-state index < -0.39 is 5.60 Å². The highest BCUT2D eigenvalue weighted by Crippen LogP contribution is 2.56. The third-order valence-corrected chi connectivity index (χ3v) is 7.92. The number of hydrogen-bond donors (Lipinski definition) is 0. The quantitative estimate of drug-likeness (QED) is 0.504. The van der Waals surface area contributed by atoms with E-state index in [0.29, 0.717) is 24.4 Å². The van der Waals surface area contributed by atoms with Crippen molar-refractivity contribution in [1.82, 2.24) is 10.1 Å². The summed E-state index contributed by atoms with van der Waals surface area (Å²) in [6.45, 7) is 6.36. The van der Waals surface area contributed by atoms with Crippen LogP contribution in [0.4, 0.5) is 4.79 Å². The van der Waals surface area contributed by atoms with Crippen molar-refractivity contribution in [3.05, 3.63) is 52.9 Å². The SMILES string of the molecule is CC(C)(C)OC(=O)N1C2CCC1CC(OCc1c(C3CC3c3ccccc3)noc1C1CC1)C2. The van der Waals surface area contributed by atoms with E-state index >= 15 is 0 Å². The number of fused-ring (bicyclic) bond motifs is 2. The van der Waals surface area contributed by atoms with Gasteiger partial charge in [-0.2, -0.15) is 0 Å². The molecule has 6 heteroatoms. The van der Waals surface area contributed by atoms with Gasteiger partial charge in [-0.25, -0.2) is 4.79 Å². The second-order valence-corrected chi connectivity index (χ2v) is 11.7. The van der Waals surface area contributed by atoms with Gasteiger partial charge < -0.3 is 18.9 Å². The zero-order valence-electron chi connectivity index (χ0n) is 20.5. The topological polar surface area (TPSA) is 64.8 Å². The molecule has 0 N–H and O–H groups in total. The molecule has 6 rings (SSSR count). The summed E-state index contributed by atoms with van der Waals surface area (Å²) >= 11 is 0. The summed E-state index contributed by atoms with van der Waals surface area (Å²) in [5.74, 6) is 2.54. The molecule has 2 bridgehead atoms. The highest BCUT2D eigenvalue weighted by Gasteiger charge is 2.47. The maximum Gasteiger partial charge on any atom is 0.410 e. The maximum absolute atomic E-state index is 12.8. The molecule has 3 heterocycles. The van der Waals surface area contributed by atoms with Gasteiger partial charge in [0.1, 0.15) is 11.4 Å². The molecule has 0 radical (unpaired) electrons. The van der Waals surface area contributed by atoms with Crippen LogP contribution in [-0.2, 0) is 16.1 Å². The Balaban J connectivity index is 1.12. The van der Waals surface area contributed by atoms with Gasteiger partial charge in [0.05, 0.1) is 18.4 Å². The summed E-state index contributed by atoms with van der Waals surface area (Å²) in [7, 11) is 0. The van der Waals surface area contributed by atoms with Crippen LogP contribution in [0.2, 0.25) is 0 Å². The van der Waals surface area contributed by atoms with E-state index in [2.05, 4.69) is 35.5 Å². The van der Waals surface area contributed by atoms with Gasteiger partial charge in [-0.05, 0) is 77.2 Å². The van der Waals surface area contributed by atoms with Crippen molar-refractivity contribution in [3.8, 4) is 0 Å². The second kappa shape index (κ2) is 8.40. The van der Waals surface area contributed by atoms with Crippen LogP contribution >= 0.6 is 0 Å². The van der Waals surface area contributed by atoms with E-state index in [1.165, 1.54) is 24.0 Å². The number of rotatable bonds is 6. The van der Waals surface area contributed by atoms with Crippen molar-refractivity contribution in [2.45, 2.75) is 114 Å². The average Bonchev–Trinajstić information content (AvgIpc) is 3.72. The van der Waals surface area contributed by atoms with E-state index in [9.17, 15) is 4.79 Å². The molecule has 1 aromatic carbocycles. The summed E-state index contributed by atoms with van der Waals surface area (Å²) in [6.07, 6.45) is 7.33. The monoisotopic (exact) mass is 464 g/mol. The number of aromatic nitrogens is 1. The predicted molar refractivity (Wildman–Crippen MR) is 128 cm³/mol. The molecule has 4 aliphatic rings. The van der Waals surface area contributed by atoms with Crippen molar-refractivity contribution in [2.24, 2.45) is 0 Å². The van der Waals surface area contributed by atoms with E-state index in [-0.39, 0.29) is 24.3 Å². The predicted octanol–water partition coefficient (Wildman–Crippen LogP) is 6.27. The van der Waals surface area contributed by atoms with Crippen LogP contribution in [0, 0.1) is 0 Å². The minimum absolute atomic E-state index is 0.162. The fraction of sp³-hybridized carbons (Fsp3) is 0.643. The Morgan fingerprint density at radius 2 is 1.74 bits per heavy atom. The number of carbonyl (C=O) groups is 1. The number of benzene rings is 1. The molecule has 4 atom stereocenters. The van der Waals surface area contributed by atoms with Crippen LogP contribution in [0.3, 0.4) is 0 Å². The second-order valence-electron chi connectivity index (χ2n) is 11.7. The van der Waals surface area contributed by atoms with Gasteiger partial charge in [-0.3, -0.25) is 0 Å². The zero-order chi connectivity index (χ0) is 23.4. The van der Waals surface area contributed by atoms with Crippen LogP contribution in [0.25, 0.3) is 0 Å². The van der Waals surface area contributed by atoms with E-state index in [0.717, 1.165) is 43.6 Å². The van der Waals surface area contributed by atoms with Gasteiger partial charge in [0.2, 0.25) is 0 Å². The Kier molecular flexibility index (Phi) is 5.47. The lowest BCUT2D eigenvalue weighted by molar-refractivity contribution is -0.0400. The average molecular weight is 465 g/mol. The van der Waals surface area contributed by atoms with Crippen LogP contribution in [-0.4, -0.2) is 39.9 Å². The number of nitrogens with zero attached hydrogens (tertiary/aromatic N) is 2. The lowest BCUT2D eigenvalue weighted by atomic mass is 9.99. The first-order valence-corrected chi connectivity index (χ1v) is 13.0. The first-order valence-electron chi connectivity index (χ1n) is 13.0. The van der Waals surface area contributed by atoms with Crippen molar-refractivity contribution in [1.29, 1.82) is 0 Å². The van der Waals surface area contributed by atoms with Crippen LogP contribution in [0.5, 0.6) is 0 Å². The fourth-order valence-corrected chi connectivity index (χ4v) is 6.08. The fourth-order valence-electron chi connectivity index (χ4n) is 6.08. The molecular formula is C28H36N2O4. The largest absolute Gasteiger partial charge is 0.444 e. The molecule has 34 heavy (non-hydrogen) atoms. The number of carbonyl (C=O) groups excluding carboxylic acids is 1. The zero-order valence-corrected chi connectivity index (χ0v) is 20.5. The number of hydrogen-bond acceptors (Lipinski definition) is 5. The molecule has 6 nitrogen and oxygen atoms in total. The summed E-state index contributed by atoms with van der Waals surface area (Å²) < 4.78 is 18.1. The van der Waals surface area contributed by atoms with Gasteiger partial charge in [0.25, 0.3) is 0 Å². The summed E-state index contributed by atoms with van der Waals surface area (Å²) in [6, 6.07) is 11.2. The highest BCUT2D eigenvalue weighted by atomic mass is 16.6. The molecule has 4 unspecified atom stereocenters. The molecule has 2 aromatic rings. The summed E-state index contributed by atoms with van der Waals surface area (Å²) in [5.41, 5.74) is 3.24. The first-order chi connectivity index (χ1) is 16.4.